The fourth-order valence-corrected chi connectivity index (χ4v) is 2.40. The molecule has 1 amide bonds. The monoisotopic (exact) mass is 373 g/mol. The van der Waals surface area contributed by atoms with E-state index >= 15 is 0 Å². The molecule has 0 fully saturated rings. The summed E-state index contributed by atoms with van der Waals surface area (Å²) in [6, 6.07) is 6.62. The third kappa shape index (κ3) is 4.86. The van der Waals surface area contributed by atoms with Crippen molar-refractivity contribution >= 4 is 22.4 Å². The van der Waals surface area contributed by atoms with E-state index in [0.717, 1.165) is 24.4 Å². The maximum Gasteiger partial charge on any atom is 0.416 e. The van der Waals surface area contributed by atoms with Crippen molar-refractivity contribution < 1.29 is 22.4 Å². The van der Waals surface area contributed by atoms with Gasteiger partial charge in [0.05, 0.1) is 11.3 Å². The Balaban J connectivity index is 2.54. The number of benzene rings is 1. The van der Waals surface area contributed by atoms with Crippen LogP contribution in [0.2, 0.25) is 0 Å². The van der Waals surface area contributed by atoms with E-state index < -0.39 is 29.4 Å². The molecule has 1 unspecified atom stereocenters. The molecule has 25 heavy (non-hydrogen) atoms. The van der Waals surface area contributed by atoms with Gasteiger partial charge in [0.15, 0.2) is 0 Å². The van der Waals surface area contributed by atoms with E-state index in [1.54, 1.807) is 6.26 Å². The van der Waals surface area contributed by atoms with Crippen LogP contribution >= 0.6 is 11.4 Å². The highest BCUT2D eigenvalue weighted by atomic mass is 32.1. The van der Waals surface area contributed by atoms with Gasteiger partial charge in [0.2, 0.25) is 5.91 Å². The van der Waals surface area contributed by atoms with Gasteiger partial charge in [-0.05, 0) is 36.1 Å². The third-order valence-electron chi connectivity index (χ3n) is 3.34. The molecule has 4 nitrogen and oxygen atoms in total. The molecular formula is C16H15F4N3OS. The topological polar surface area (TPSA) is 68.0 Å². The number of amides is 1. The van der Waals surface area contributed by atoms with Crippen LogP contribution in [0.1, 0.15) is 22.7 Å². The van der Waals surface area contributed by atoms with Crippen molar-refractivity contribution in [1.82, 2.24) is 10.3 Å². The van der Waals surface area contributed by atoms with Crippen LogP contribution in [-0.4, -0.2) is 22.3 Å². The number of alkyl halides is 3. The van der Waals surface area contributed by atoms with Crippen molar-refractivity contribution in [3.05, 3.63) is 65.2 Å². The van der Waals surface area contributed by atoms with Gasteiger partial charge in [-0.15, -0.1) is 0 Å². The number of hydrogen-bond donors (Lipinski definition) is 3. The maximum atomic E-state index is 13.5. The molecule has 3 N–H and O–H groups in total. The van der Waals surface area contributed by atoms with Gasteiger partial charge in [-0.25, -0.2) is 4.39 Å². The van der Waals surface area contributed by atoms with Crippen LogP contribution in [0.25, 0.3) is 0 Å². The van der Waals surface area contributed by atoms with E-state index in [4.69, 9.17) is 5.73 Å². The van der Waals surface area contributed by atoms with E-state index in [9.17, 15) is 22.4 Å². The van der Waals surface area contributed by atoms with Crippen molar-refractivity contribution in [1.29, 1.82) is 0 Å². The van der Waals surface area contributed by atoms with Gasteiger partial charge in [-0.3, -0.25) is 15.5 Å². The smallest absolute Gasteiger partial charge is 0.312 e. The molecule has 134 valence electrons. The number of pyridine rings is 1. The maximum absolute atomic E-state index is 13.5. The summed E-state index contributed by atoms with van der Waals surface area (Å²) in [5, 5.41) is 2.53. The first-order valence-corrected chi connectivity index (χ1v) is 8.38. The zero-order valence-electron chi connectivity index (χ0n) is 13.0. The minimum absolute atomic E-state index is 0.123. The second kappa shape index (κ2) is 7.75. The molecule has 0 aliphatic heterocycles. The molecule has 2 aromatic rings. The first kappa shape index (κ1) is 19.1. The van der Waals surface area contributed by atoms with Crippen molar-refractivity contribution in [2.45, 2.75) is 12.1 Å². The van der Waals surface area contributed by atoms with Crippen molar-refractivity contribution in [2.24, 2.45) is 5.73 Å². The average molecular weight is 373 g/mol. The largest absolute Gasteiger partial charge is 0.416 e. The third-order valence-corrected chi connectivity index (χ3v) is 3.93. The van der Waals surface area contributed by atoms with Gasteiger partial charge < -0.3 is 5.32 Å². The summed E-state index contributed by atoms with van der Waals surface area (Å²) in [6.07, 6.45) is -1.95. The van der Waals surface area contributed by atoms with Gasteiger partial charge in [-0.2, -0.15) is 24.5 Å². The Kier molecular flexibility index (Phi) is 5.91. The Hall–Kier alpha value is -2.26. The van der Waals surface area contributed by atoms with E-state index in [0.29, 0.717) is 11.4 Å². The minimum atomic E-state index is -4.59. The summed E-state index contributed by atoms with van der Waals surface area (Å²) in [5.74, 6) is -2.55. The fraction of sp³-hybridized carbons (Fsp3) is 0.188. The standard InChI is InChI=1S/C16H15F4N3OS/c1-25-15(21)23-14(24)13(9-3-2-4-11(17)7-9)12-8-10(5-6-22-12)16(18,19)20/h2-8,13,25H,21H2,1H3,(H,23,24). The van der Waals surface area contributed by atoms with Crippen LogP contribution < -0.4 is 11.1 Å². The number of carbonyl (C=O) groups is 1. The molecule has 1 aromatic carbocycles. The molecule has 1 atom stereocenters. The highest BCUT2D eigenvalue weighted by molar-refractivity contribution is 7.97. The number of rotatable bonds is 3. The lowest BCUT2D eigenvalue weighted by atomic mass is 9.93. The van der Waals surface area contributed by atoms with Gasteiger partial charge in [0, 0.05) is 6.20 Å². The molecule has 1 aromatic heterocycles. The molecule has 0 spiro atoms. The zero-order chi connectivity index (χ0) is 18.6. The van der Waals surface area contributed by atoms with E-state index in [1.165, 1.54) is 18.2 Å². The highest BCUT2D eigenvalue weighted by Gasteiger charge is 2.33. The second-order valence-corrected chi connectivity index (χ2v) is 5.98. The summed E-state index contributed by atoms with van der Waals surface area (Å²) in [4.78, 5) is 16.4. The Morgan fingerprint density at radius 2 is 2.00 bits per heavy atom. The number of nitrogens with two attached hydrogens (primary N) is 1. The lowest BCUT2D eigenvalue weighted by Crippen LogP contribution is -2.39. The molecule has 0 saturated heterocycles. The minimum Gasteiger partial charge on any atom is -0.312 e. The van der Waals surface area contributed by atoms with Crippen LogP contribution in [0, 0.1) is 5.82 Å². The molecule has 0 aliphatic rings. The molecular weight excluding hydrogens is 358 g/mol. The summed E-state index contributed by atoms with van der Waals surface area (Å²) < 4.78 is 52.4. The summed E-state index contributed by atoms with van der Waals surface area (Å²) >= 11 is 0.583. The number of aromatic nitrogens is 1. The van der Waals surface area contributed by atoms with E-state index in [-0.39, 0.29) is 16.4 Å². The zero-order valence-corrected chi connectivity index (χ0v) is 13.9. The summed E-state index contributed by atoms with van der Waals surface area (Å²) in [6.45, 7) is 0. The highest BCUT2D eigenvalue weighted by Crippen LogP contribution is 2.32. The molecule has 0 aliphatic carbocycles. The lowest BCUT2D eigenvalue weighted by molar-refractivity contribution is -0.137. The Morgan fingerprint density at radius 1 is 1.28 bits per heavy atom. The number of carbonyl (C=O) groups excluding carboxylic acids is 1. The number of hydrogen-bond acceptors (Lipinski definition) is 2. The Bertz CT molecular complexity index is 808. The van der Waals surface area contributed by atoms with Gasteiger partial charge >= 0.3 is 6.18 Å². The molecule has 0 bridgehead atoms. The SMILES string of the molecule is C[SH]=C(N)NC(=O)C(c1cccc(F)c1)c1cc(C(F)(F)F)ccn1. The van der Waals surface area contributed by atoms with E-state index in [1.807, 2.05) is 0 Å². The predicted molar refractivity (Wildman–Crippen MR) is 89.7 cm³/mol. The number of nitrogens with one attached hydrogen (secondary N) is 1. The quantitative estimate of drug-likeness (QED) is 0.440. The molecule has 0 radical (unpaired) electrons. The van der Waals surface area contributed by atoms with E-state index in [2.05, 4.69) is 10.3 Å². The van der Waals surface area contributed by atoms with Crippen LogP contribution in [0.5, 0.6) is 0 Å². The van der Waals surface area contributed by atoms with Crippen molar-refractivity contribution in [3.8, 4) is 0 Å². The van der Waals surface area contributed by atoms with Crippen LogP contribution in [0.15, 0.2) is 42.6 Å². The normalized spacial score (nSPS) is 13.8. The van der Waals surface area contributed by atoms with Crippen molar-refractivity contribution in [3.63, 3.8) is 0 Å². The first-order chi connectivity index (χ1) is 11.7. The average Bonchev–Trinajstić information content (AvgIpc) is 2.54. The molecule has 2 rings (SSSR count). The predicted octanol–water partition coefficient (Wildman–Crippen LogP) is 2.63. The molecule has 1 heterocycles. The lowest BCUT2D eigenvalue weighted by Gasteiger charge is -2.18. The Labute approximate surface area is 145 Å². The number of nitrogens with zero attached hydrogens (tertiary/aromatic N) is 1. The number of halogens is 4. The molecule has 0 saturated carbocycles. The van der Waals surface area contributed by atoms with Crippen LogP contribution in [-0.2, 0) is 11.0 Å². The first-order valence-electron chi connectivity index (χ1n) is 7.04. The fourth-order valence-electron chi connectivity index (χ4n) is 2.18. The molecule has 9 heteroatoms. The van der Waals surface area contributed by atoms with Gasteiger partial charge in [-0.1, -0.05) is 12.1 Å². The summed E-state index contributed by atoms with van der Waals surface area (Å²) in [5.41, 5.74) is 4.66. The van der Waals surface area contributed by atoms with Crippen molar-refractivity contribution in [2.75, 3.05) is 6.26 Å². The second-order valence-electron chi connectivity index (χ2n) is 5.05. The van der Waals surface area contributed by atoms with Gasteiger partial charge in [0.25, 0.3) is 0 Å². The number of thiol groups is 1. The summed E-state index contributed by atoms with van der Waals surface area (Å²) in [7, 11) is 0. The Morgan fingerprint density at radius 3 is 2.60 bits per heavy atom. The van der Waals surface area contributed by atoms with Gasteiger partial charge in [0.1, 0.15) is 16.8 Å². The van der Waals surface area contributed by atoms with Crippen LogP contribution in [0.4, 0.5) is 17.6 Å². The van der Waals surface area contributed by atoms with Crippen LogP contribution in [0.3, 0.4) is 0 Å².